The highest BCUT2D eigenvalue weighted by atomic mass is 16.2. The average molecular weight is 318 g/mol. The predicted molar refractivity (Wildman–Crippen MR) is 90.9 cm³/mol. The van der Waals surface area contributed by atoms with Gasteiger partial charge in [-0.3, -0.25) is 9.59 Å². The van der Waals surface area contributed by atoms with Gasteiger partial charge in [0.25, 0.3) is 0 Å². The molecule has 2 amide bonds. The first-order chi connectivity index (χ1) is 11.1. The van der Waals surface area contributed by atoms with Crippen LogP contribution in [0.5, 0.6) is 0 Å². The summed E-state index contributed by atoms with van der Waals surface area (Å²) in [6.45, 7) is 3.39. The number of amides is 2. The van der Waals surface area contributed by atoms with E-state index in [0.717, 1.165) is 58.0 Å². The SMILES string of the molecule is CC(=O)N(C1CCC1)[C@H]1CCCN(C(=O)C[C@@H]2C=CCC2)CC1. The second-order valence-electron chi connectivity index (χ2n) is 7.45. The fraction of sp³-hybridized carbons (Fsp3) is 0.789. The molecule has 0 aromatic carbocycles. The summed E-state index contributed by atoms with van der Waals surface area (Å²) in [5.41, 5.74) is 0. The van der Waals surface area contributed by atoms with Crippen LogP contribution >= 0.6 is 0 Å². The highest BCUT2D eigenvalue weighted by Crippen LogP contribution is 2.30. The lowest BCUT2D eigenvalue weighted by Crippen LogP contribution is -2.49. The molecule has 1 saturated carbocycles. The van der Waals surface area contributed by atoms with E-state index in [1.165, 1.54) is 6.42 Å². The van der Waals surface area contributed by atoms with Gasteiger partial charge in [0.15, 0.2) is 0 Å². The third-order valence-corrected chi connectivity index (χ3v) is 5.82. The van der Waals surface area contributed by atoms with E-state index >= 15 is 0 Å². The van der Waals surface area contributed by atoms with Gasteiger partial charge in [0, 0.05) is 38.5 Å². The minimum Gasteiger partial charge on any atom is -0.343 e. The van der Waals surface area contributed by atoms with Crippen molar-refractivity contribution in [3.8, 4) is 0 Å². The number of carbonyl (C=O) groups is 2. The van der Waals surface area contributed by atoms with Crippen LogP contribution in [0.1, 0.15) is 64.7 Å². The van der Waals surface area contributed by atoms with E-state index in [1.54, 1.807) is 6.92 Å². The molecule has 0 unspecified atom stereocenters. The molecule has 2 fully saturated rings. The Kier molecular flexibility index (Phi) is 5.39. The van der Waals surface area contributed by atoms with Gasteiger partial charge in [-0.15, -0.1) is 0 Å². The first-order valence-corrected chi connectivity index (χ1v) is 9.38. The Labute approximate surface area is 139 Å². The number of hydrogen-bond donors (Lipinski definition) is 0. The molecule has 0 aromatic rings. The summed E-state index contributed by atoms with van der Waals surface area (Å²) < 4.78 is 0. The van der Waals surface area contributed by atoms with E-state index in [1.807, 2.05) is 4.90 Å². The molecule has 0 N–H and O–H groups in total. The van der Waals surface area contributed by atoms with Crippen molar-refractivity contribution in [3.63, 3.8) is 0 Å². The van der Waals surface area contributed by atoms with Gasteiger partial charge in [0.1, 0.15) is 0 Å². The second-order valence-corrected chi connectivity index (χ2v) is 7.45. The standard InChI is InChI=1S/C19H30N2O2/c1-15(22)21(17-8-4-9-17)18-10-5-12-20(13-11-18)19(23)14-16-6-2-3-7-16/h2,6,16-18H,3-5,7-14H2,1H3/t16-,18+/m1/s1. The molecule has 4 heteroatoms. The van der Waals surface area contributed by atoms with Crippen molar-refractivity contribution in [2.24, 2.45) is 5.92 Å². The molecular formula is C19H30N2O2. The normalized spacial score (nSPS) is 28.3. The third-order valence-electron chi connectivity index (χ3n) is 5.82. The summed E-state index contributed by atoms with van der Waals surface area (Å²) in [4.78, 5) is 28.8. The van der Waals surface area contributed by atoms with Crippen molar-refractivity contribution in [1.82, 2.24) is 9.80 Å². The van der Waals surface area contributed by atoms with Crippen LogP contribution in [-0.2, 0) is 9.59 Å². The number of hydrogen-bond acceptors (Lipinski definition) is 2. The van der Waals surface area contributed by atoms with E-state index in [9.17, 15) is 9.59 Å². The predicted octanol–water partition coefficient (Wildman–Crippen LogP) is 3.12. The minimum absolute atomic E-state index is 0.218. The Morgan fingerprint density at radius 3 is 2.39 bits per heavy atom. The summed E-state index contributed by atoms with van der Waals surface area (Å²) in [5.74, 6) is 0.973. The molecule has 2 aliphatic carbocycles. The number of carbonyl (C=O) groups excluding carboxylic acids is 2. The van der Waals surface area contributed by atoms with Gasteiger partial charge in [-0.2, -0.15) is 0 Å². The van der Waals surface area contributed by atoms with E-state index in [0.29, 0.717) is 30.3 Å². The molecule has 4 nitrogen and oxygen atoms in total. The molecule has 1 saturated heterocycles. The molecule has 128 valence electrons. The lowest BCUT2D eigenvalue weighted by atomic mass is 9.89. The van der Waals surface area contributed by atoms with Crippen molar-refractivity contribution < 1.29 is 9.59 Å². The smallest absolute Gasteiger partial charge is 0.223 e. The summed E-state index contributed by atoms with van der Waals surface area (Å²) in [7, 11) is 0. The average Bonchev–Trinajstić information content (AvgIpc) is 2.84. The number of nitrogens with zero attached hydrogens (tertiary/aromatic N) is 2. The Morgan fingerprint density at radius 2 is 1.78 bits per heavy atom. The lowest BCUT2D eigenvalue weighted by Gasteiger charge is -2.42. The van der Waals surface area contributed by atoms with Gasteiger partial charge in [-0.25, -0.2) is 0 Å². The lowest BCUT2D eigenvalue weighted by molar-refractivity contribution is -0.136. The van der Waals surface area contributed by atoms with E-state index < -0.39 is 0 Å². The van der Waals surface area contributed by atoms with Gasteiger partial charge < -0.3 is 9.80 Å². The molecule has 0 bridgehead atoms. The second kappa shape index (κ2) is 7.50. The fourth-order valence-electron chi connectivity index (χ4n) is 4.30. The zero-order chi connectivity index (χ0) is 16.2. The number of likely N-dealkylation sites (tertiary alicyclic amines) is 1. The third kappa shape index (κ3) is 3.96. The molecule has 3 rings (SSSR count). The van der Waals surface area contributed by atoms with Crippen LogP contribution in [0.2, 0.25) is 0 Å². The van der Waals surface area contributed by atoms with Gasteiger partial charge in [-0.1, -0.05) is 12.2 Å². The maximum atomic E-state index is 12.5. The van der Waals surface area contributed by atoms with Crippen LogP contribution in [0, 0.1) is 5.92 Å². The minimum atomic E-state index is 0.218. The molecule has 3 aliphatic rings. The molecule has 2 atom stereocenters. The molecule has 0 spiro atoms. The Morgan fingerprint density at radius 1 is 1.04 bits per heavy atom. The quantitative estimate of drug-likeness (QED) is 0.747. The molecule has 0 aromatic heterocycles. The van der Waals surface area contributed by atoms with Crippen molar-refractivity contribution in [2.75, 3.05) is 13.1 Å². The topological polar surface area (TPSA) is 40.6 Å². The number of allylic oxidation sites excluding steroid dienone is 2. The zero-order valence-corrected chi connectivity index (χ0v) is 14.4. The van der Waals surface area contributed by atoms with E-state index in [2.05, 4.69) is 17.1 Å². The van der Waals surface area contributed by atoms with Gasteiger partial charge in [0.2, 0.25) is 11.8 Å². The van der Waals surface area contributed by atoms with Gasteiger partial charge >= 0.3 is 0 Å². The maximum absolute atomic E-state index is 12.5. The van der Waals surface area contributed by atoms with Crippen molar-refractivity contribution in [3.05, 3.63) is 12.2 Å². The summed E-state index contributed by atoms with van der Waals surface area (Å²) >= 11 is 0. The Balaban J connectivity index is 1.54. The van der Waals surface area contributed by atoms with Crippen LogP contribution in [0.3, 0.4) is 0 Å². The first kappa shape index (κ1) is 16.5. The Hall–Kier alpha value is -1.32. The van der Waals surface area contributed by atoms with Crippen LogP contribution in [0.25, 0.3) is 0 Å². The van der Waals surface area contributed by atoms with Crippen LogP contribution in [0.15, 0.2) is 12.2 Å². The highest BCUT2D eigenvalue weighted by Gasteiger charge is 2.34. The first-order valence-electron chi connectivity index (χ1n) is 9.38. The summed E-state index contributed by atoms with van der Waals surface area (Å²) in [6, 6.07) is 0.797. The van der Waals surface area contributed by atoms with Crippen molar-refractivity contribution in [2.45, 2.75) is 76.8 Å². The molecule has 1 heterocycles. The van der Waals surface area contributed by atoms with Crippen LogP contribution in [-0.4, -0.2) is 46.8 Å². The monoisotopic (exact) mass is 318 g/mol. The molecular weight excluding hydrogens is 288 g/mol. The van der Waals surface area contributed by atoms with Gasteiger partial charge in [0.05, 0.1) is 0 Å². The van der Waals surface area contributed by atoms with Crippen LogP contribution < -0.4 is 0 Å². The van der Waals surface area contributed by atoms with Gasteiger partial charge in [-0.05, 0) is 57.3 Å². The zero-order valence-electron chi connectivity index (χ0n) is 14.4. The summed E-state index contributed by atoms with van der Waals surface area (Å²) in [5, 5.41) is 0. The van der Waals surface area contributed by atoms with Crippen molar-refractivity contribution >= 4 is 11.8 Å². The maximum Gasteiger partial charge on any atom is 0.223 e. The highest BCUT2D eigenvalue weighted by molar-refractivity contribution is 5.77. The fourth-order valence-corrected chi connectivity index (χ4v) is 4.30. The van der Waals surface area contributed by atoms with Crippen molar-refractivity contribution in [1.29, 1.82) is 0 Å². The van der Waals surface area contributed by atoms with E-state index in [4.69, 9.17) is 0 Å². The molecule has 1 aliphatic heterocycles. The van der Waals surface area contributed by atoms with Crippen LogP contribution in [0.4, 0.5) is 0 Å². The Bertz CT molecular complexity index is 470. The summed E-state index contributed by atoms with van der Waals surface area (Å²) in [6.07, 6.45) is 13.9. The molecule has 23 heavy (non-hydrogen) atoms. The number of rotatable bonds is 4. The molecule has 0 radical (unpaired) electrons. The van der Waals surface area contributed by atoms with E-state index in [-0.39, 0.29) is 5.91 Å². The largest absolute Gasteiger partial charge is 0.343 e.